The van der Waals surface area contributed by atoms with Crippen LogP contribution in [0.1, 0.15) is 5.56 Å². The number of halogens is 1. The summed E-state index contributed by atoms with van der Waals surface area (Å²) in [6, 6.07) is 28.7. The highest BCUT2D eigenvalue weighted by molar-refractivity contribution is 9.10. The Hall–Kier alpha value is -2.37. The summed E-state index contributed by atoms with van der Waals surface area (Å²) in [7, 11) is 0. The number of benzene rings is 3. The summed E-state index contributed by atoms with van der Waals surface area (Å²) in [5.41, 5.74) is 3.35. The highest BCUT2D eigenvalue weighted by atomic mass is 79.9. The molecule has 4 rings (SSSR count). The molecule has 0 saturated heterocycles. The molecule has 0 aliphatic rings. The van der Waals surface area contributed by atoms with E-state index < -0.39 is 0 Å². The Morgan fingerprint density at radius 2 is 1.42 bits per heavy atom. The first-order valence-corrected chi connectivity index (χ1v) is 10.0. The molecule has 0 atom stereocenters. The first-order valence-electron chi connectivity index (χ1n) is 8.25. The first-order chi connectivity index (χ1) is 12.8. The summed E-state index contributed by atoms with van der Waals surface area (Å²) in [6.45, 7) is 0. The Bertz CT molecular complexity index is 1000. The van der Waals surface area contributed by atoms with Crippen molar-refractivity contribution in [1.82, 2.24) is 14.8 Å². The quantitative estimate of drug-likeness (QED) is 0.370. The van der Waals surface area contributed by atoms with E-state index in [1.54, 1.807) is 11.8 Å². The number of hydrogen-bond donors (Lipinski definition) is 0. The second-order valence-corrected chi connectivity index (χ2v) is 7.52. The van der Waals surface area contributed by atoms with Crippen LogP contribution in [0.25, 0.3) is 17.1 Å². The fourth-order valence-corrected chi connectivity index (χ4v) is 4.27. The molecule has 0 radical (unpaired) electrons. The Balaban J connectivity index is 1.73. The molecule has 0 aliphatic carbocycles. The van der Waals surface area contributed by atoms with E-state index >= 15 is 0 Å². The van der Waals surface area contributed by atoms with Crippen molar-refractivity contribution < 1.29 is 0 Å². The molecule has 3 nitrogen and oxygen atoms in total. The van der Waals surface area contributed by atoms with Gasteiger partial charge in [0, 0.05) is 21.5 Å². The van der Waals surface area contributed by atoms with Crippen LogP contribution in [0.15, 0.2) is 94.6 Å². The van der Waals surface area contributed by atoms with Crippen molar-refractivity contribution in [3.8, 4) is 17.1 Å². The molecule has 0 N–H and O–H groups in total. The lowest BCUT2D eigenvalue weighted by Gasteiger charge is -2.10. The van der Waals surface area contributed by atoms with Crippen LogP contribution >= 0.6 is 27.7 Å². The van der Waals surface area contributed by atoms with E-state index in [4.69, 9.17) is 0 Å². The lowest BCUT2D eigenvalue weighted by molar-refractivity contribution is 0.886. The maximum Gasteiger partial charge on any atom is 0.196 e. The predicted octanol–water partition coefficient (Wildman–Crippen LogP) is 5.99. The second kappa shape index (κ2) is 7.89. The number of rotatable bonds is 5. The third-order valence-corrected chi connectivity index (χ3v) is 5.75. The molecule has 1 heterocycles. The van der Waals surface area contributed by atoms with Crippen LogP contribution in [0.2, 0.25) is 0 Å². The molecule has 0 spiro atoms. The van der Waals surface area contributed by atoms with Crippen molar-refractivity contribution in [2.75, 3.05) is 0 Å². The van der Waals surface area contributed by atoms with E-state index in [0.29, 0.717) is 0 Å². The van der Waals surface area contributed by atoms with Gasteiger partial charge >= 0.3 is 0 Å². The van der Waals surface area contributed by atoms with Crippen LogP contribution in [0, 0.1) is 0 Å². The molecule has 0 fully saturated rings. The molecular formula is C21H16BrN3S. The topological polar surface area (TPSA) is 30.7 Å². The van der Waals surface area contributed by atoms with Crippen LogP contribution in [-0.4, -0.2) is 14.8 Å². The van der Waals surface area contributed by atoms with E-state index in [2.05, 4.69) is 73.2 Å². The fourth-order valence-electron chi connectivity index (χ4n) is 2.71. The van der Waals surface area contributed by atoms with E-state index in [1.807, 2.05) is 42.5 Å². The SMILES string of the molecule is Brc1ccccc1CSc1nnc(-c2ccccc2)n1-c1ccccc1. The number of nitrogens with zero attached hydrogens (tertiary/aromatic N) is 3. The number of aromatic nitrogens is 3. The van der Waals surface area contributed by atoms with Gasteiger partial charge < -0.3 is 0 Å². The normalized spacial score (nSPS) is 10.8. The maximum atomic E-state index is 4.48. The van der Waals surface area contributed by atoms with Gasteiger partial charge in [0.1, 0.15) is 0 Å². The third kappa shape index (κ3) is 3.59. The number of para-hydroxylation sites is 1. The van der Waals surface area contributed by atoms with Gasteiger partial charge in [-0.3, -0.25) is 4.57 Å². The van der Waals surface area contributed by atoms with E-state index in [1.165, 1.54) is 5.56 Å². The molecule has 3 aromatic carbocycles. The monoisotopic (exact) mass is 421 g/mol. The molecule has 1 aromatic heterocycles. The Morgan fingerprint density at radius 1 is 0.769 bits per heavy atom. The van der Waals surface area contributed by atoms with Crippen LogP contribution in [0.5, 0.6) is 0 Å². The average Bonchev–Trinajstić information content (AvgIpc) is 3.13. The smallest absolute Gasteiger partial charge is 0.196 e. The van der Waals surface area contributed by atoms with Gasteiger partial charge in [0.2, 0.25) is 0 Å². The van der Waals surface area contributed by atoms with Crippen LogP contribution < -0.4 is 0 Å². The van der Waals surface area contributed by atoms with Crippen LogP contribution in [-0.2, 0) is 5.75 Å². The second-order valence-electron chi connectivity index (χ2n) is 5.72. The van der Waals surface area contributed by atoms with Gasteiger partial charge in [0.05, 0.1) is 0 Å². The highest BCUT2D eigenvalue weighted by Gasteiger charge is 2.16. The van der Waals surface area contributed by atoms with Crippen molar-refractivity contribution in [1.29, 1.82) is 0 Å². The average molecular weight is 422 g/mol. The molecule has 4 aromatic rings. The summed E-state index contributed by atoms with van der Waals surface area (Å²) in [5.74, 6) is 1.67. The molecule has 26 heavy (non-hydrogen) atoms. The lowest BCUT2D eigenvalue weighted by atomic mass is 10.2. The van der Waals surface area contributed by atoms with Gasteiger partial charge in [-0.1, -0.05) is 94.4 Å². The maximum absolute atomic E-state index is 4.48. The number of thioether (sulfide) groups is 1. The van der Waals surface area contributed by atoms with Gasteiger partial charge in [-0.15, -0.1) is 10.2 Å². The Morgan fingerprint density at radius 3 is 2.15 bits per heavy atom. The van der Waals surface area contributed by atoms with Crippen LogP contribution in [0.4, 0.5) is 0 Å². The minimum absolute atomic E-state index is 0.821. The summed E-state index contributed by atoms with van der Waals surface area (Å²) in [4.78, 5) is 0. The molecule has 128 valence electrons. The van der Waals surface area contributed by atoms with Gasteiger partial charge in [-0.2, -0.15) is 0 Å². The molecule has 0 saturated carbocycles. The molecule has 0 unspecified atom stereocenters. The van der Waals surface area contributed by atoms with Crippen molar-refractivity contribution in [3.63, 3.8) is 0 Å². The molecule has 0 aliphatic heterocycles. The van der Waals surface area contributed by atoms with E-state index in [0.717, 1.165) is 32.5 Å². The summed E-state index contributed by atoms with van der Waals surface area (Å²) in [6.07, 6.45) is 0. The minimum atomic E-state index is 0.821. The van der Waals surface area contributed by atoms with Gasteiger partial charge in [0.25, 0.3) is 0 Å². The summed E-state index contributed by atoms with van der Waals surface area (Å²) >= 11 is 5.30. The largest absolute Gasteiger partial charge is 0.270 e. The van der Waals surface area contributed by atoms with Crippen molar-refractivity contribution in [2.45, 2.75) is 10.9 Å². The predicted molar refractivity (Wildman–Crippen MR) is 110 cm³/mol. The lowest BCUT2D eigenvalue weighted by Crippen LogP contribution is -1.99. The van der Waals surface area contributed by atoms with E-state index in [9.17, 15) is 0 Å². The molecule has 5 heteroatoms. The standard InChI is InChI=1S/C21H16BrN3S/c22-19-14-8-7-11-17(19)15-26-21-24-23-20(16-9-3-1-4-10-16)25(21)18-12-5-2-6-13-18/h1-14H,15H2. The minimum Gasteiger partial charge on any atom is -0.270 e. The Kier molecular flexibility index (Phi) is 5.18. The third-order valence-electron chi connectivity index (χ3n) is 3.99. The Labute approximate surface area is 165 Å². The van der Waals surface area contributed by atoms with Gasteiger partial charge in [-0.05, 0) is 23.8 Å². The zero-order valence-corrected chi connectivity index (χ0v) is 16.3. The highest BCUT2D eigenvalue weighted by Crippen LogP contribution is 2.31. The fraction of sp³-hybridized carbons (Fsp3) is 0.0476. The molecule has 0 bridgehead atoms. The number of hydrogen-bond acceptors (Lipinski definition) is 3. The summed E-state index contributed by atoms with van der Waals surface area (Å²) < 4.78 is 3.23. The first kappa shape index (κ1) is 17.1. The van der Waals surface area contributed by atoms with Crippen LogP contribution in [0.3, 0.4) is 0 Å². The zero-order chi connectivity index (χ0) is 17.8. The van der Waals surface area contributed by atoms with Crippen molar-refractivity contribution >= 4 is 27.7 Å². The van der Waals surface area contributed by atoms with E-state index in [-0.39, 0.29) is 0 Å². The zero-order valence-electron chi connectivity index (χ0n) is 13.9. The summed E-state index contributed by atoms with van der Waals surface area (Å²) in [5, 5.41) is 9.83. The van der Waals surface area contributed by atoms with Gasteiger partial charge in [0.15, 0.2) is 11.0 Å². The molecule has 0 amide bonds. The van der Waals surface area contributed by atoms with Gasteiger partial charge in [-0.25, -0.2) is 0 Å². The van der Waals surface area contributed by atoms with Crippen molar-refractivity contribution in [3.05, 3.63) is 95.0 Å². The van der Waals surface area contributed by atoms with Crippen molar-refractivity contribution in [2.24, 2.45) is 0 Å². The molecular weight excluding hydrogens is 406 g/mol.